The molecule has 1 heterocycles. The van der Waals surface area contributed by atoms with E-state index < -0.39 is 0 Å². The highest BCUT2D eigenvalue weighted by atomic mass is 15.0. The van der Waals surface area contributed by atoms with Gasteiger partial charge in [-0.05, 0) is 88.5 Å². The maximum absolute atomic E-state index is 4.07. The van der Waals surface area contributed by atoms with Crippen molar-refractivity contribution in [3.63, 3.8) is 0 Å². The van der Waals surface area contributed by atoms with Gasteiger partial charge in [-0.2, -0.15) is 0 Å². The zero-order chi connectivity index (χ0) is 13.5. The van der Waals surface area contributed by atoms with E-state index in [0.29, 0.717) is 6.04 Å². The molecule has 4 bridgehead atoms. The third-order valence-corrected chi connectivity index (χ3v) is 6.75. The number of rotatable bonds is 4. The molecule has 0 amide bonds. The van der Waals surface area contributed by atoms with Crippen molar-refractivity contribution >= 4 is 0 Å². The van der Waals surface area contributed by atoms with E-state index >= 15 is 0 Å². The predicted molar refractivity (Wildman–Crippen MR) is 83.7 cm³/mol. The second kappa shape index (κ2) is 5.61. The Morgan fingerprint density at radius 2 is 1.70 bits per heavy atom. The Labute approximate surface area is 124 Å². The summed E-state index contributed by atoms with van der Waals surface area (Å²) in [5.41, 5.74) is 0. The monoisotopic (exact) mass is 276 g/mol. The van der Waals surface area contributed by atoms with Gasteiger partial charge >= 0.3 is 0 Å². The number of hydrogen-bond acceptors (Lipinski definition) is 2. The second-order valence-electron chi connectivity index (χ2n) is 8.41. The predicted octanol–water partition coefficient (Wildman–Crippen LogP) is 3.32. The van der Waals surface area contributed by atoms with Gasteiger partial charge in [0.2, 0.25) is 0 Å². The molecule has 0 aromatic heterocycles. The van der Waals surface area contributed by atoms with Crippen LogP contribution in [0.5, 0.6) is 0 Å². The average Bonchev–Trinajstić information content (AvgIpc) is 2.43. The molecule has 2 N–H and O–H groups in total. The topological polar surface area (TPSA) is 24.1 Å². The number of nitrogens with one attached hydrogen (secondary N) is 2. The van der Waals surface area contributed by atoms with Crippen LogP contribution in [0.3, 0.4) is 0 Å². The summed E-state index contributed by atoms with van der Waals surface area (Å²) >= 11 is 0. The molecule has 5 rings (SSSR count). The maximum Gasteiger partial charge on any atom is 0.0126 e. The molecule has 20 heavy (non-hydrogen) atoms. The fourth-order valence-electron chi connectivity index (χ4n) is 6.15. The van der Waals surface area contributed by atoms with E-state index in [4.69, 9.17) is 0 Å². The summed E-state index contributed by atoms with van der Waals surface area (Å²) in [7, 11) is 0. The first-order valence-corrected chi connectivity index (χ1v) is 9.27. The van der Waals surface area contributed by atoms with E-state index in [9.17, 15) is 0 Å². The Morgan fingerprint density at radius 3 is 2.30 bits per heavy atom. The fraction of sp³-hybridized carbons (Fsp3) is 1.00. The summed E-state index contributed by atoms with van der Waals surface area (Å²) in [6.45, 7) is 3.68. The van der Waals surface area contributed by atoms with E-state index in [1.807, 2.05) is 0 Å². The molecule has 2 nitrogen and oxygen atoms in total. The van der Waals surface area contributed by atoms with Crippen molar-refractivity contribution in [2.75, 3.05) is 6.54 Å². The van der Waals surface area contributed by atoms with Gasteiger partial charge in [0, 0.05) is 18.1 Å². The van der Waals surface area contributed by atoms with Crippen LogP contribution in [0.4, 0.5) is 0 Å². The molecule has 5 fully saturated rings. The lowest BCUT2D eigenvalue weighted by atomic mass is 9.54. The van der Waals surface area contributed by atoms with Crippen LogP contribution in [0, 0.1) is 23.7 Å². The van der Waals surface area contributed by atoms with Crippen molar-refractivity contribution in [1.29, 1.82) is 0 Å². The Hall–Kier alpha value is -0.0800. The smallest absolute Gasteiger partial charge is 0.0126 e. The minimum Gasteiger partial charge on any atom is -0.314 e. The standard InChI is InChI=1S/C18H32N2/c1-12(6-17-4-2-3-5-19-17)20-18-15-8-13-7-14(10-15)11-16(18)9-13/h12-20H,2-11H2,1H3. The summed E-state index contributed by atoms with van der Waals surface area (Å²) in [5.74, 6) is 4.25. The van der Waals surface area contributed by atoms with E-state index in [0.717, 1.165) is 35.8 Å². The fourth-order valence-corrected chi connectivity index (χ4v) is 6.15. The SMILES string of the molecule is CC(CC1CCCCN1)NC1C2CC3CC(C2)CC1C3. The Balaban J connectivity index is 1.32. The molecule has 2 heteroatoms. The van der Waals surface area contributed by atoms with Gasteiger partial charge in [-0.15, -0.1) is 0 Å². The molecule has 2 unspecified atom stereocenters. The lowest BCUT2D eigenvalue weighted by Gasteiger charge is -2.55. The summed E-state index contributed by atoms with van der Waals surface area (Å²) in [6.07, 6.45) is 13.3. The minimum atomic E-state index is 0.702. The van der Waals surface area contributed by atoms with Gasteiger partial charge in [-0.3, -0.25) is 0 Å². The Kier molecular flexibility index (Phi) is 3.80. The van der Waals surface area contributed by atoms with Crippen molar-refractivity contribution in [3.05, 3.63) is 0 Å². The Bertz CT molecular complexity index is 306. The molecule has 1 saturated heterocycles. The van der Waals surface area contributed by atoms with Crippen LogP contribution in [0.1, 0.15) is 64.7 Å². The summed E-state index contributed by atoms with van der Waals surface area (Å²) < 4.78 is 0. The van der Waals surface area contributed by atoms with Crippen molar-refractivity contribution < 1.29 is 0 Å². The molecule has 1 aliphatic heterocycles. The molecule has 4 saturated carbocycles. The van der Waals surface area contributed by atoms with Gasteiger partial charge in [0.1, 0.15) is 0 Å². The van der Waals surface area contributed by atoms with E-state index in [1.165, 1.54) is 32.2 Å². The Morgan fingerprint density at radius 1 is 1.00 bits per heavy atom. The second-order valence-corrected chi connectivity index (χ2v) is 8.41. The quantitative estimate of drug-likeness (QED) is 0.823. The average molecular weight is 276 g/mol. The molecular weight excluding hydrogens is 244 g/mol. The minimum absolute atomic E-state index is 0.702. The zero-order valence-electron chi connectivity index (χ0n) is 13.1. The maximum atomic E-state index is 4.07. The summed E-state index contributed by atoms with van der Waals surface area (Å²) in [4.78, 5) is 0. The first-order chi connectivity index (χ1) is 9.78. The van der Waals surface area contributed by atoms with E-state index in [2.05, 4.69) is 17.6 Å². The largest absolute Gasteiger partial charge is 0.314 e. The van der Waals surface area contributed by atoms with Gasteiger partial charge in [0.05, 0.1) is 0 Å². The van der Waals surface area contributed by atoms with Crippen LogP contribution in [0.25, 0.3) is 0 Å². The zero-order valence-corrected chi connectivity index (χ0v) is 13.1. The van der Waals surface area contributed by atoms with Gasteiger partial charge in [0.15, 0.2) is 0 Å². The molecule has 5 aliphatic rings. The number of piperidine rings is 1. The lowest BCUT2D eigenvalue weighted by Crippen LogP contribution is -2.57. The molecule has 0 aromatic carbocycles. The van der Waals surface area contributed by atoms with Gasteiger partial charge in [-0.25, -0.2) is 0 Å². The van der Waals surface area contributed by atoms with Gasteiger partial charge in [-0.1, -0.05) is 6.42 Å². The highest BCUT2D eigenvalue weighted by molar-refractivity contribution is 5.02. The summed E-state index contributed by atoms with van der Waals surface area (Å²) in [5, 5.41) is 7.78. The molecule has 0 radical (unpaired) electrons. The van der Waals surface area contributed by atoms with Gasteiger partial charge < -0.3 is 10.6 Å². The van der Waals surface area contributed by atoms with Crippen LogP contribution in [-0.4, -0.2) is 24.7 Å². The van der Waals surface area contributed by atoms with Crippen LogP contribution < -0.4 is 10.6 Å². The van der Waals surface area contributed by atoms with Crippen LogP contribution >= 0.6 is 0 Å². The van der Waals surface area contributed by atoms with E-state index in [1.54, 1.807) is 32.1 Å². The normalized spacial score (nSPS) is 48.5. The third kappa shape index (κ3) is 2.66. The van der Waals surface area contributed by atoms with Crippen molar-refractivity contribution in [2.24, 2.45) is 23.7 Å². The van der Waals surface area contributed by atoms with Crippen LogP contribution in [0.2, 0.25) is 0 Å². The van der Waals surface area contributed by atoms with E-state index in [-0.39, 0.29) is 0 Å². The first-order valence-electron chi connectivity index (χ1n) is 9.27. The lowest BCUT2D eigenvalue weighted by molar-refractivity contribution is -0.0177. The van der Waals surface area contributed by atoms with Crippen molar-refractivity contribution in [2.45, 2.75) is 82.8 Å². The highest BCUT2D eigenvalue weighted by Gasteiger charge is 2.48. The molecule has 0 spiro atoms. The molecule has 114 valence electrons. The summed E-state index contributed by atoms with van der Waals surface area (Å²) in [6, 6.07) is 2.35. The number of hydrogen-bond donors (Lipinski definition) is 2. The van der Waals surface area contributed by atoms with Crippen molar-refractivity contribution in [3.8, 4) is 0 Å². The molecular formula is C18H32N2. The third-order valence-electron chi connectivity index (χ3n) is 6.75. The first kappa shape index (κ1) is 13.6. The molecule has 2 atom stereocenters. The van der Waals surface area contributed by atoms with Crippen molar-refractivity contribution in [1.82, 2.24) is 10.6 Å². The van der Waals surface area contributed by atoms with Crippen LogP contribution in [0.15, 0.2) is 0 Å². The molecule has 0 aromatic rings. The van der Waals surface area contributed by atoms with Gasteiger partial charge in [0.25, 0.3) is 0 Å². The van der Waals surface area contributed by atoms with Crippen LogP contribution in [-0.2, 0) is 0 Å². The molecule has 4 aliphatic carbocycles. The highest BCUT2D eigenvalue weighted by Crippen LogP contribution is 2.53.